The Morgan fingerprint density at radius 2 is 1.68 bits per heavy atom. The van der Waals surface area contributed by atoms with Crippen molar-refractivity contribution in [3.8, 4) is 11.1 Å². The number of anilines is 2. The Labute approximate surface area is 217 Å². The smallest absolute Gasteiger partial charge is 0.251 e. The van der Waals surface area contributed by atoms with Gasteiger partial charge in [0.05, 0.1) is 11.6 Å². The third-order valence-electron chi connectivity index (χ3n) is 6.67. The predicted molar refractivity (Wildman–Crippen MR) is 151 cm³/mol. The van der Waals surface area contributed by atoms with E-state index in [1.165, 1.54) is 5.56 Å². The van der Waals surface area contributed by atoms with Gasteiger partial charge < -0.3 is 10.6 Å². The van der Waals surface area contributed by atoms with E-state index in [9.17, 15) is 4.79 Å². The lowest BCUT2D eigenvalue weighted by molar-refractivity contribution is 0.0940. The molecule has 0 aliphatic rings. The molecule has 0 saturated heterocycles. The van der Waals surface area contributed by atoms with Crippen LogP contribution >= 0.6 is 0 Å². The quantitative estimate of drug-likeness (QED) is 0.261. The summed E-state index contributed by atoms with van der Waals surface area (Å²) in [6.07, 6.45) is 1.86. The van der Waals surface area contributed by atoms with Crippen LogP contribution in [-0.2, 0) is 0 Å². The lowest BCUT2D eigenvalue weighted by atomic mass is 9.95. The topological polar surface area (TPSA) is 66.9 Å². The van der Waals surface area contributed by atoms with Gasteiger partial charge in [-0.05, 0) is 91.9 Å². The summed E-state index contributed by atoms with van der Waals surface area (Å²) in [6.45, 7) is 8.16. The molecule has 5 heteroatoms. The van der Waals surface area contributed by atoms with Crippen molar-refractivity contribution < 1.29 is 4.79 Å². The maximum absolute atomic E-state index is 12.8. The van der Waals surface area contributed by atoms with Gasteiger partial charge in [-0.1, -0.05) is 54.1 Å². The van der Waals surface area contributed by atoms with Crippen molar-refractivity contribution in [3.05, 3.63) is 119 Å². The average molecular weight is 487 g/mol. The normalized spacial score (nSPS) is 11.8. The van der Waals surface area contributed by atoms with Gasteiger partial charge >= 0.3 is 0 Å². The van der Waals surface area contributed by atoms with Gasteiger partial charge in [-0.25, -0.2) is 9.97 Å². The van der Waals surface area contributed by atoms with E-state index in [1.807, 2.05) is 68.6 Å². The summed E-state index contributed by atoms with van der Waals surface area (Å²) in [5, 5.41) is 7.42. The number of amides is 1. The molecule has 0 saturated carbocycles. The molecule has 1 amide bonds. The predicted octanol–water partition coefficient (Wildman–Crippen LogP) is 7.46. The Kier molecular flexibility index (Phi) is 6.69. The lowest BCUT2D eigenvalue weighted by Crippen LogP contribution is -2.26. The zero-order valence-electron chi connectivity index (χ0n) is 21.5. The molecule has 1 atom stereocenters. The molecule has 184 valence electrons. The fourth-order valence-electron chi connectivity index (χ4n) is 4.46. The van der Waals surface area contributed by atoms with Crippen LogP contribution in [0.3, 0.4) is 0 Å². The fourth-order valence-corrected chi connectivity index (χ4v) is 4.46. The Morgan fingerprint density at radius 1 is 0.838 bits per heavy atom. The number of aromatic nitrogens is 2. The molecule has 2 N–H and O–H groups in total. The first-order chi connectivity index (χ1) is 17.9. The van der Waals surface area contributed by atoms with Crippen LogP contribution in [0.4, 0.5) is 11.6 Å². The van der Waals surface area contributed by atoms with Crippen LogP contribution in [0.15, 0.2) is 91.1 Å². The number of carbonyl (C=O) groups is 1. The number of hydrogen-bond acceptors (Lipinski definition) is 4. The van der Waals surface area contributed by atoms with Gasteiger partial charge in [-0.15, -0.1) is 0 Å². The summed E-state index contributed by atoms with van der Waals surface area (Å²) >= 11 is 0. The molecular formula is C32H30N4O. The molecule has 5 rings (SSSR count). The van der Waals surface area contributed by atoms with Gasteiger partial charge in [0.15, 0.2) is 0 Å². The van der Waals surface area contributed by atoms with Crippen molar-refractivity contribution in [3.63, 3.8) is 0 Å². The van der Waals surface area contributed by atoms with Gasteiger partial charge in [-0.3, -0.25) is 4.79 Å². The average Bonchev–Trinajstić information content (AvgIpc) is 2.90. The highest BCUT2D eigenvalue weighted by atomic mass is 16.1. The fraction of sp³-hybridized carbons (Fsp3) is 0.156. The molecule has 5 nitrogen and oxygen atoms in total. The monoisotopic (exact) mass is 486 g/mol. The minimum absolute atomic E-state index is 0.0729. The van der Waals surface area contributed by atoms with E-state index >= 15 is 0 Å². The molecule has 1 heterocycles. The number of nitrogens with zero attached hydrogens (tertiary/aromatic N) is 2. The molecule has 37 heavy (non-hydrogen) atoms. The van der Waals surface area contributed by atoms with Crippen molar-refractivity contribution in [2.45, 2.75) is 33.7 Å². The van der Waals surface area contributed by atoms with Crippen LogP contribution in [0.25, 0.3) is 22.0 Å². The number of nitrogens with one attached hydrogen (secondary N) is 2. The number of fused-ring (bicyclic) bond motifs is 1. The molecule has 5 aromatic rings. The first-order valence-electron chi connectivity index (χ1n) is 12.5. The number of hydrogen-bond donors (Lipinski definition) is 2. The second-order valence-corrected chi connectivity index (χ2v) is 9.55. The van der Waals surface area contributed by atoms with E-state index in [4.69, 9.17) is 4.98 Å². The standard InChI is InChI=1S/C32H30N4O/c1-20-8-7-10-26(16-20)31(37)34-23(4)24-13-12-21(2)28(18-24)25-14-15-30-27(17-25)19-33-32(36-30)35-29-11-6-5-9-22(29)3/h5-19,23H,1-4H3,(H,34,37)(H,33,35,36). The number of para-hydroxylation sites is 1. The first kappa shape index (κ1) is 24.2. The SMILES string of the molecule is Cc1cccc(C(=O)NC(C)c2ccc(C)c(-c3ccc4nc(Nc5ccccc5C)ncc4c3)c2)c1. The second-order valence-electron chi connectivity index (χ2n) is 9.55. The zero-order valence-corrected chi connectivity index (χ0v) is 21.5. The van der Waals surface area contributed by atoms with Crippen molar-refractivity contribution in [1.29, 1.82) is 0 Å². The maximum atomic E-state index is 12.8. The summed E-state index contributed by atoms with van der Waals surface area (Å²) in [5.41, 5.74) is 9.18. The Bertz CT molecular complexity index is 1610. The summed E-state index contributed by atoms with van der Waals surface area (Å²) in [5.74, 6) is 0.502. The third kappa shape index (κ3) is 5.36. The van der Waals surface area contributed by atoms with E-state index < -0.39 is 0 Å². The largest absolute Gasteiger partial charge is 0.346 e. The molecule has 0 aliphatic carbocycles. The lowest BCUT2D eigenvalue weighted by Gasteiger charge is -2.17. The summed E-state index contributed by atoms with van der Waals surface area (Å²) in [7, 11) is 0. The number of carbonyl (C=O) groups excluding carboxylic acids is 1. The Hall–Kier alpha value is -4.51. The number of aryl methyl sites for hydroxylation is 3. The highest BCUT2D eigenvalue weighted by molar-refractivity contribution is 5.94. The number of rotatable bonds is 6. The molecule has 1 aromatic heterocycles. The van der Waals surface area contributed by atoms with Crippen molar-refractivity contribution >= 4 is 28.4 Å². The molecule has 0 spiro atoms. The van der Waals surface area contributed by atoms with E-state index in [2.05, 4.69) is 65.9 Å². The molecule has 0 bridgehead atoms. The van der Waals surface area contributed by atoms with Crippen LogP contribution in [-0.4, -0.2) is 15.9 Å². The van der Waals surface area contributed by atoms with E-state index in [0.717, 1.165) is 44.4 Å². The molecule has 1 unspecified atom stereocenters. The van der Waals surface area contributed by atoms with Crippen LogP contribution in [0.2, 0.25) is 0 Å². The van der Waals surface area contributed by atoms with Gasteiger partial charge in [0, 0.05) is 22.8 Å². The van der Waals surface area contributed by atoms with E-state index in [-0.39, 0.29) is 11.9 Å². The van der Waals surface area contributed by atoms with Gasteiger partial charge in [0.2, 0.25) is 5.95 Å². The van der Waals surface area contributed by atoms with Crippen LogP contribution < -0.4 is 10.6 Å². The second kappa shape index (κ2) is 10.2. The van der Waals surface area contributed by atoms with E-state index in [0.29, 0.717) is 11.5 Å². The Morgan fingerprint density at radius 3 is 2.49 bits per heavy atom. The summed E-state index contributed by atoms with van der Waals surface area (Å²) in [4.78, 5) is 22.0. The minimum Gasteiger partial charge on any atom is -0.346 e. The zero-order chi connectivity index (χ0) is 25.9. The summed E-state index contributed by atoms with van der Waals surface area (Å²) < 4.78 is 0. The van der Waals surface area contributed by atoms with Crippen LogP contribution in [0, 0.1) is 20.8 Å². The highest BCUT2D eigenvalue weighted by Gasteiger charge is 2.14. The van der Waals surface area contributed by atoms with Gasteiger partial charge in [-0.2, -0.15) is 0 Å². The maximum Gasteiger partial charge on any atom is 0.251 e. The molecule has 0 radical (unpaired) electrons. The third-order valence-corrected chi connectivity index (χ3v) is 6.67. The van der Waals surface area contributed by atoms with E-state index in [1.54, 1.807) is 0 Å². The molecule has 0 aliphatic heterocycles. The molecular weight excluding hydrogens is 456 g/mol. The van der Waals surface area contributed by atoms with Gasteiger partial charge in [0.25, 0.3) is 5.91 Å². The highest BCUT2D eigenvalue weighted by Crippen LogP contribution is 2.30. The Balaban J connectivity index is 1.39. The van der Waals surface area contributed by atoms with Crippen molar-refractivity contribution in [1.82, 2.24) is 15.3 Å². The van der Waals surface area contributed by atoms with Gasteiger partial charge in [0.1, 0.15) is 0 Å². The first-order valence-corrected chi connectivity index (χ1v) is 12.5. The number of benzene rings is 4. The van der Waals surface area contributed by atoms with Crippen molar-refractivity contribution in [2.75, 3.05) is 5.32 Å². The van der Waals surface area contributed by atoms with Crippen LogP contribution in [0.5, 0.6) is 0 Å². The van der Waals surface area contributed by atoms with Crippen LogP contribution in [0.1, 0.15) is 45.6 Å². The summed E-state index contributed by atoms with van der Waals surface area (Å²) in [6, 6.07) is 28.2. The minimum atomic E-state index is -0.133. The molecule has 4 aromatic carbocycles. The molecule has 0 fully saturated rings. The van der Waals surface area contributed by atoms with Crippen molar-refractivity contribution in [2.24, 2.45) is 0 Å².